The molecule has 0 spiro atoms. The van der Waals surface area contributed by atoms with Crippen LogP contribution in [0.5, 0.6) is 0 Å². The van der Waals surface area contributed by atoms with E-state index >= 15 is 0 Å². The maximum Gasteiger partial charge on any atom is 0.168 e. The first kappa shape index (κ1) is 31.1. The standard InChI is InChI=1S/C20H13BrN4.C7H7NO.C6H4BrNO/c21-20-7-1-6-17(25-20)16-10-18(14-4-2-8-22-12-14)24-19(11-16)15-5-3-9-23-13-15;1-6(9)7-3-2-4-8-5-7;7-6-3-1-2-5(4-9)8-6/h1-13H;2-5H,1H3;1-4H. The average molecular weight is 696 g/mol. The summed E-state index contributed by atoms with van der Waals surface area (Å²) < 4.78 is 1.49. The number of ketones is 1. The maximum atomic E-state index is 10.6. The van der Waals surface area contributed by atoms with E-state index in [-0.39, 0.29) is 5.78 Å². The van der Waals surface area contributed by atoms with Gasteiger partial charge in [-0.05, 0) is 112 Å². The molecule has 0 atom stereocenters. The molecule has 6 aromatic rings. The summed E-state index contributed by atoms with van der Waals surface area (Å²) in [6.07, 6.45) is 11.1. The lowest BCUT2D eigenvalue weighted by molar-refractivity contribution is 0.101. The van der Waals surface area contributed by atoms with Crippen LogP contribution in [0.1, 0.15) is 27.8 Å². The predicted molar refractivity (Wildman–Crippen MR) is 173 cm³/mol. The molecule has 0 N–H and O–H groups in total. The summed E-state index contributed by atoms with van der Waals surface area (Å²) in [5.41, 5.74) is 6.62. The topological polar surface area (TPSA) is 111 Å². The molecule has 0 aliphatic rings. The van der Waals surface area contributed by atoms with Crippen LogP contribution < -0.4 is 0 Å². The molecule has 0 aliphatic carbocycles. The second-order valence-corrected chi connectivity index (χ2v) is 10.4. The summed E-state index contributed by atoms with van der Waals surface area (Å²) in [5.74, 6) is 0.0584. The van der Waals surface area contributed by atoms with Crippen LogP contribution in [0.2, 0.25) is 0 Å². The van der Waals surface area contributed by atoms with Gasteiger partial charge in [0.1, 0.15) is 14.9 Å². The second kappa shape index (κ2) is 16.0. The summed E-state index contributed by atoms with van der Waals surface area (Å²) in [5, 5.41) is 0. The molecule has 0 saturated heterocycles. The van der Waals surface area contributed by atoms with Crippen LogP contribution in [0.3, 0.4) is 0 Å². The molecule has 0 unspecified atom stereocenters. The van der Waals surface area contributed by atoms with E-state index < -0.39 is 0 Å². The Bertz CT molecular complexity index is 1730. The first-order valence-electron chi connectivity index (χ1n) is 12.9. The monoisotopic (exact) mass is 694 g/mol. The summed E-state index contributed by atoms with van der Waals surface area (Å²) in [4.78, 5) is 46.1. The van der Waals surface area contributed by atoms with Crippen molar-refractivity contribution in [3.63, 3.8) is 0 Å². The number of carbonyl (C=O) groups excluding carboxylic acids is 2. The van der Waals surface area contributed by atoms with Crippen molar-refractivity contribution >= 4 is 43.9 Å². The fraction of sp³-hybridized carbons (Fsp3) is 0.0303. The van der Waals surface area contributed by atoms with Crippen molar-refractivity contribution in [3.8, 4) is 33.8 Å². The number of carbonyl (C=O) groups is 2. The van der Waals surface area contributed by atoms with E-state index in [0.29, 0.717) is 22.1 Å². The van der Waals surface area contributed by atoms with E-state index in [2.05, 4.69) is 56.8 Å². The Morgan fingerprint density at radius 1 is 0.605 bits per heavy atom. The van der Waals surface area contributed by atoms with E-state index in [1.54, 1.807) is 55.1 Å². The van der Waals surface area contributed by atoms with Crippen molar-refractivity contribution in [2.45, 2.75) is 6.92 Å². The molecule has 0 aromatic carbocycles. The Kier molecular flexibility index (Phi) is 11.6. The van der Waals surface area contributed by atoms with Gasteiger partial charge in [-0.3, -0.25) is 24.5 Å². The molecule has 0 amide bonds. The number of hydrogen-bond donors (Lipinski definition) is 0. The highest BCUT2D eigenvalue weighted by atomic mass is 79.9. The Labute approximate surface area is 265 Å². The van der Waals surface area contributed by atoms with Crippen LogP contribution in [0.4, 0.5) is 0 Å². The minimum atomic E-state index is 0.0584. The lowest BCUT2D eigenvalue weighted by Gasteiger charge is -2.09. The van der Waals surface area contributed by atoms with Gasteiger partial charge < -0.3 is 0 Å². The molecule has 0 aliphatic heterocycles. The average Bonchev–Trinajstić information content (AvgIpc) is 3.06. The first-order chi connectivity index (χ1) is 20.9. The number of pyridine rings is 6. The molecule has 6 heterocycles. The number of rotatable bonds is 5. The molecule has 0 saturated carbocycles. The molecule has 8 nitrogen and oxygen atoms in total. The number of halogens is 2. The van der Waals surface area contributed by atoms with Crippen molar-refractivity contribution in [1.29, 1.82) is 0 Å². The summed E-state index contributed by atoms with van der Waals surface area (Å²) >= 11 is 6.57. The van der Waals surface area contributed by atoms with Gasteiger partial charge in [0.25, 0.3) is 0 Å². The van der Waals surface area contributed by atoms with Gasteiger partial charge in [0.2, 0.25) is 0 Å². The summed E-state index contributed by atoms with van der Waals surface area (Å²) in [6, 6.07) is 26.4. The zero-order chi connectivity index (χ0) is 30.4. The van der Waals surface area contributed by atoms with Crippen molar-refractivity contribution in [2.75, 3.05) is 0 Å². The SMILES string of the molecule is Brc1cccc(-c2cc(-c3cccnc3)nc(-c3cccnc3)c2)n1.CC(=O)c1cccnc1.O=Cc1cccc(Br)n1. The minimum Gasteiger partial charge on any atom is -0.296 e. The van der Waals surface area contributed by atoms with Crippen LogP contribution in [0.15, 0.2) is 131 Å². The van der Waals surface area contributed by atoms with Gasteiger partial charge in [0, 0.05) is 59.4 Å². The summed E-state index contributed by atoms with van der Waals surface area (Å²) in [6.45, 7) is 1.52. The number of Topliss-reactive ketones (excluding diaryl/α,β-unsaturated/α-hetero) is 1. The molecule has 43 heavy (non-hydrogen) atoms. The fourth-order valence-electron chi connectivity index (χ4n) is 3.63. The van der Waals surface area contributed by atoms with E-state index in [1.807, 2.05) is 67.0 Å². The van der Waals surface area contributed by atoms with Crippen LogP contribution in [0.25, 0.3) is 33.8 Å². The van der Waals surface area contributed by atoms with Gasteiger partial charge in [-0.1, -0.05) is 12.1 Å². The van der Waals surface area contributed by atoms with Crippen LogP contribution in [0, 0.1) is 0 Å². The van der Waals surface area contributed by atoms with Crippen LogP contribution >= 0.6 is 31.9 Å². The molecule has 6 rings (SSSR count). The third-order valence-corrected chi connectivity index (χ3v) is 6.56. The van der Waals surface area contributed by atoms with E-state index in [4.69, 9.17) is 4.98 Å². The lowest BCUT2D eigenvalue weighted by Crippen LogP contribution is -1.93. The fourth-order valence-corrected chi connectivity index (χ4v) is 4.33. The molecule has 6 aromatic heterocycles. The molecule has 10 heteroatoms. The number of aromatic nitrogens is 6. The van der Waals surface area contributed by atoms with Crippen LogP contribution in [-0.4, -0.2) is 42.0 Å². The van der Waals surface area contributed by atoms with Gasteiger partial charge >= 0.3 is 0 Å². The Hall–Kier alpha value is -4.80. The second-order valence-electron chi connectivity index (χ2n) is 8.76. The minimum absolute atomic E-state index is 0.0584. The maximum absolute atomic E-state index is 10.6. The highest BCUT2D eigenvalue weighted by Crippen LogP contribution is 2.29. The Balaban J connectivity index is 0.000000192. The van der Waals surface area contributed by atoms with Crippen molar-refractivity contribution in [2.24, 2.45) is 0 Å². The highest BCUT2D eigenvalue weighted by Gasteiger charge is 2.10. The number of nitrogens with zero attached hydrogens (tertiary/aromatic N) is 6. The third-order valence-electron chi connectivity index (χ3n) is 5.68. The molecular weight excluding hydrogens is 672 g/mol. The van der Waals surface area contributed by atoms with E-state index in [1.165, 1.54) is 6.92 Å². The first-order valence-corrected chi connectivity index (χ1v) is 14.5. The number of hydrogen-bond acceptors (Lipinski definition) is 8. The molecule has 0 radical (unpaired) electrons. The smallest absolute Gasteiger partial charge is 0.168 e. The zero-order valence-corrected chi connectivity index (χ0v) is 26.1. The highest BCUT2D eigenvalue weighted by molar-refractivity contribution is 9.10. The molecule has 0 bridgehead atoms. The lowest BCUT2D eigenvalue weighted by atomic mass is 10.0. The van der Waals surface area contributed by atoms with Gasteiger partial charge in [0.15, 0.2) is 12.1 Å². The third kappa shape index (κ3) is 9.63. The predicted octanol–water partition coefficient (Wildman–Crippen LogP) is 7.97. The Morgan fingerprint density at radius 3 is 1.58 bits per heavy atom. The number of aldehydes is 1. The largest absolute Gasteiger partial charge is 0.296 e. The van der Waals surface area contributed by atoms with Crippen molar-refractivity contribution in [1.82, 2.24) is 29.9 Å². The van der Waals surface area contributed by atoms with Crippen LogP contribution in [-0.2, 0) is 0 Å². The molecular formula is C33H24Br2N6O2. The zero-order valence-electron chi connectivity index (χ0n) is 22.9. The van der Waals surface area contributed by atoms with Gasteiger partial charge in [-0.25, -0.2) is 15.0 Å². The van der Waals surface area contributed by atoms with Gasteiger partial charge in [-0.15, -0.1) is 0 Å². The van der Waals surface area contributed by atoms with Crippen molar-refractivity contribution < 1.29 is 9.59 Å². The quantitative estimate of drug-likeness (QED) is 0.101. The van der Waals surface area contributed by atoms with Gasteiger partial charge in [-0.2, -0.15) is 0 Å². The normalized spacial score (nSPS) is 9.93. The summed E-state index contributed by atoms with van der Waals surface area (Å²) in [7, 11) is 0. The van der Waals surface area contributed by atoms with E-state index in [9.17, 15) is 9.59 Å². The molecule has 0 fully saturated rings. The van der Waals surface area contributed by atoms with Crippen molar-refractivity contribution in [3.05, 3.63) is 143 Å². The molecule has 212 valence electrons. The van der Waals surface area contributed by atoms with Gasteiger partial charge in [0.05, 0.1) is 17.1 Å². The Morgan fingerprint density at radius 2 is 1.16 bits per heavy atom. The van der Waals surface area contributed by atoms with E-state index in [0.717, 1.165) is 38.4 Å².